The van der Waals surface area contributed by atoms with Crippen molar-refractivity contribution in [2.75, 3.05) is 40.0 Å². The molecule has 1 fully saturated rings. The molecule has 1 saturated heterocycles. The number of rotatable bonds is 10. The van der Waals surface area contributed by atoms with Crippen LogP contribution in [0.5, 0.6) is 11.6 Å². The van der Waals surface area contributed by atoms with Gasteiger partial charge in [0.1, 0.15) is 11.6 Å². The number of aromatic nitrogens is 1. The summed E-state index contributed by atoms with van der Waals surface area (Å²) in [6, 6.07) is 9.64. The van der Waals surface area contributed by atoms with Gasteiger partial charge in [0.25, 0.3) is 0 Å². The molecule has 0 atom stereocenters. The second-order valence-electron chi connectivity index (χ2n) is 7.40. The molecule has 0 amide bonds. The minimum absolute atomic E-state index is 0.344. The number of hydrogen-bond donors (Lipinski definition) is 2. The van der Waals surface area contributed by atoms with Gasteiger partial charge in [-0.25, -0.2) is 9.37 Å². The van der Waals surface area contributed by atoms with Gasteiger partial charge in [0.05, 0.1) is 0 Å². The van der Waals surface area contributed by atoms with Gasteiger partial charge < -0.3 is 24.8 Å². The average Bonchev–Trinajstić information content (AvgIpc) is 2.80. The fourth-order valence-corrected chi connectivity index (χ4v) is 3.18. The number of benzene rings is 1. The molecule has 1 aromatic heterocycles. The largest absolute Gasteiger partial charge is 0.439 e. The smallest absolute Gasteiger partial charge is 0.219 e. The molecule has 0 bridgehead atoms. The number of guanidine groups is 1. The molecule has 0 spiro atoms. The van der Waals surface area contributed by atoms with E-state index in [9.17, 15) is 4.39 Å². The monoisotopic (exact) mass is 430 g/mol. The van der Waals surface area contributed by atoms with E-state index >= 15 is 0 Å². The fraction of sp³-hybridized carbons (Fsp3) is 0.478. The number of hydrogen-bond acceptors (Lipinski definition) is 5. The summed E-state index contributed by atoms with van der Waals surface area (Å²) in [4.78, 5) is 8.51. The highest BCUT2D eigenvalue weighted by molar-refractivity contribution is 5.79. The van der Waals surface area contributed by atoms with Gasteiger partial charge in [0.2, 0.25) is 5.88 Å². The molecular formula is C23H31FN4O3. The first-order valence-electron chi connectivity index (χ1n) is 10.7. The number of nitrogens with zero attached hydrogens (tertiary/aromatic N) is 2. The van der Waals surface area contributed by atoms with Gasteiger partial charge in [-0.15, -0.1) is 0 Å². The molecule has 3 rings (SSSR count). The van der Waals surface area contributed by atoms with Gasteiger partial charge in [-0.1, -0.05) is 12.1 Å². The zero-order valence-electron chi connectivity index (χ0n) is 18.0. The predicted molar refractivity (Wildman–Crippen MR) is 118 cm³/mol. The second kappa shape index (κ2) is 12.9. The van der Waals surface area contributed by atoms with E-state index in [-0.39, 0.29) is 5.82 Å². The van der Waals surface area contributed by atoms with Crippen LogP contribution < -0.4 is 15.4 Å². The summed E-state index contributed by atoms with van der Waals surface area (Å²) in [5.41, 5.74) is 0.981. The van der Waals surface area contributed by atoms with Crippen molar-refractivity contribution < 1.29 is 18.6 Å². The maximum Gasteiger partial charge on any atom is 0.219 e. The molecule has 0 radical (unpaired) electrons. The van der Waals surface area contributed by atoms with E-state index in [0.717, 1.165) is 63.8 Å². The van der Waals surface area contributed by atoms with E-state index in [4.69, 9.17) is 14.2 Å². The zero-order valence-corrected chi connectivity index (χ0v) is 18.0. The summed E-state index contributed by atoms with van der Waals surface area (Å²) in [6.07, 6.45) is 4.83. The Morgan fingerprint density at radius 3 is 2.84 bits per heavy atom. The third-order valence-corrected chi connectivity index (χ3v) is 4.95. The Morgan fingerprint density at radius 2 is 2.10 bits per heavy atom. The van der Waals surface area contributed by atoms with Crippen molar-refractivity contribution in [2.24, 2.45) is 10.9 Å². The van der Waals surface area contributed by atoms with Gasteiger partial charge in [-0.05, 0) is 42.9 Å². The van der Waals surface area contributed by atoms with Gasteiger partial charge in [-0.2, -0.15) is 0 Å². The fourth-order valence-electron chi connectivity index (χ4n) is 3.18. The van der Waals surface area contributed by atoms with Crippen LogP contribution in [0.4, 0.5) is 4.39 Å². The topological polar surface area (TPSA) is 77.0 Å². The Kier molecular flexibility index (Phi) is 9.53. The van der Waals surface area contributed by atoms with Crippen LogP contribution in [-0.2, 0) is 16.0 Å². The van der Waals surface area contributed by atoms with Crippen LogP contribution in [0.2, 0.25) is 0 Å². The third-order valence-electron chi connectivity index (χ3n) is 4.95. The number of pyridine rings is 1. The Bertz CT molecular complexity index is 811. The molecule has 31 heavy (non-hydrogen) atoms. The molecule has 0 saturated carbocycles. The summed E-state index contributed by atoms with van der Waals surface area (Å²) in [6.45, 7) is 4.63. The van der Waals surface area contributed by atoms with E-state index in [0.29, 0.717) is 24.1 Å². The molecule has 2 N–H and O–H groups in total. The van der Waals surface area contributed by atoms with Crippen LogP contribution in [0.3, 0.4) is 0 Å². The first-order chi connectivity index (χ1) is 15.2. The SMILES string of the molecule is CN=C(NCCCOCC1CCOCC1)NCc1ccc(Oc2cccc(F)c2)nc1. The van der Waals surface area contributed by atoms with E-state index in [1.807, 2.05) is 6.07 Å². The predicted octanol–water partition coefficient (Wildman–Crippen LogP) is 3.51. The maximum atomic E-state index is 13.2. The molecule has 2 aromatic rings. The van der Waals surface area contributed by atoms with Crippen LogP contribution in [0.25, 0.3) is 0 Å². The molecule has 0 aliphatic carbocycles. The molecule has 8 heteroatoms. The lowest BCUT2D eigenvalue weighted by Crippen LogP contribution is -2.37. The quantitative estimate of drug-likeness (QED) is 0.341. The molecule has 0 unspecified atom stereocenters. The van der Waals surface area contributed by atoms with Crippen LogP contribution >= 0.6 is 0 Å². The summed E-state index contributed by atoms with van der Waals surface area (Å²) >= 11 is 0. The third kappa shape index (κ3) is 8.51. The van der Waals surface area contributed by atoms with Crippen LogP contribution in [-0.4, -0.2) is 51.0 Å². The Balaban J connectivity index is 1.30. The average molecular weight is 431 g/mol. The van der Waals surface area contributed by atoms with Crippen molar-refractivity contribution in [1.82, 2.24) is 15.6 Å². The van der Waals surface area contributed by atoms with E-state index in [1.54, 1.807) is 31.4 Å². The van der Waals surface area contributed by atoms with E-state index < -0.39 is 0 Å². The highest BCUT2D eigenvalue weighted by atomic mass is 19.1. The van der Waals surface area contributed by atoms with Crippen molar-refractivity contribution in [3.63, 3.8) is 0 Å². The Hall–Kier alpha value is -2.71. The molecular weight excluding hydrogens is 399 g/mol. The van der Waals surface area contributed by atoms with E-state index in [2.05, 4.69) is 20.6 Å². The van der Waals surface area contributed by atoms with Gasteiger partial charge in [0, 0.05) is 64.9 Å². The van der Waals surface area contributed by atoms with Crippen LogP contribution in [0.15, 0.2) is 47.6 Å². The first kappa shape index (κ1) is 23.0. The molecule has 1 aromatic carbocycles. The second-order valence-corrected chi connectivity index (χ2v) is 7.40. The first-order valence-corrected chi connectivity index (χ1v) is 10.7. The van der Waals surface area contributed by atoms with Gasteiger partial charge >= 0.3 is 0 Å². The Morgan fingerprint density at radius 1 is 1.23 bits per heavy atom. The minimum atomic E-state index is -0.344. The van der Waals surface area contributed by atoms with Crippen molar-refractivity contribution in [3.8, 4) is 11.6 Å². The van der Waals surface area contributed by atoms with Crippen LogP contribution in [0, 0.1) is 11.7 Å². The normalized spacial score (nSPS) is 15.0. The molecule has 168 valence electrons. The molecule has 1 aliphatic rings. The molecule has 1 aliphatic heterocycles. The summed E-state index contributed by atoms with van der Waals surface area (Å²) < 4.78 is 29.9. The van der Waals surface area contributed by atoms with Crippen LogP contribution in [0.1, 0.15) is 24.8 Å². The summed E-state index contributed by atoms with van der Waals surface area (Å²) in [7, 11) is 1.74. The summed E-state index contributed by atoms with van der Waals surface area (Å²) in [5, 5.41) is 6.54. The standard InChI is InChI=1S/C23H31FN4O3/c1-25-23(26-10-3-11-30-17-18-8-12-29-13-9-18)28-16-19-6-7-22(27-15-19)31-21-5-2-4-20(24)14-21/h2,4-7,14-15,18H,3,8-13,16-17H2,1H3,(H2,25,26,28). The lowest BCUT2D eigenvalue weighted by atomic mass is 10.0. The zero-order chi connectivity index (χ0) is 21.7. The number of nitrogens with one attached hydrogen (secondary N) is 2. The van der Waals surface area contributed by atoms with Gasteiger partial charge in [0.15, 0.2) is 5.96 Å². The van der Waals surface area contributed by atoms with Crippen molar-refractivity contribution in [3.05, 3.63) is 54.0 Å². The van der Waals surface area contributed by atoms with Gasteiger partial charge in [-0.3, -0.25) is 4.99 Å². The van der Waals surface area contributed by atoms with Crippen molar-refractivity contribution >= 4 is 5.96 Å². The van der Waals surface area contributed by atoms with Crippen molar-refractivity contribution in [2.45, 2.75) is 25.8 Å². The highest BCUT2D eigenvalue weighted by Crippen LogP contribution is 2.20. The highest BCUT2D eigenvalue weighted by Gasteiger charge is 2.13. The number of ether oxygens (including phenoxy) is 3. The lowest BCUT2D eigenvalue weighted by molar-refractivity contribution is 0.0203. The van der Waals surface area contributed by atoms with Crippen molar-refractivity contribution in [1.29, 1.82) is 0 Å². The van der Waals surface area contributed by atoms with E-state index in [1.165, 1.54) is 12.1 Å². The molecule has 7 nitrogen and oxygen atoms in total. The maximum absolute atomic E-state index is 13.2. The molecule has 2 heterocycles. The number of halogens is 1. The number of aliphatic imine (C=N–C) groups is 1. The summed E-state index contributed by atoms with van der Waals surface area (Å²) in [5.74, 6) is 1.85. The lowest BCUT2D eigenvalue weighted by Gasteiger charge is -2.21. The Labute approximate surface area is 183 Å². The minimum Gasteiger partial charge on any atom is -0.439 e.